The molecule has 1 aromatic carbocycles. The molecule has 1 aliphatic carbocycles. The summed E-state index contributed by atoms with van der Waals surface area (Å²) in [5.41, 5.74) is 4.05. The quantitative estimate of drug-likeness (QED) is 0.841. The van der Waals surface area contributed by atoms with Crippen molar-refractivity contribution in [3.63, 3.8) is 0 Å². The molecular formula is C17H27NO. The van der Waals surface area contributed by atoms with E-state index in [-0.39, 0.29) is 0 Å². The van der Waals surface area contributed by atoms with E-state index < -0.39 is 0 Å². The lowest BCUT2D eigenvalue weighted by Gasteiger charge is -2.15. The lowest BCUT2D eigenvalue weighted by molar-refractivity contribution is 0.337. The van der Waals surface area contributed by atoms with Crippen molar-refractivity contribution in [3.8, 4) is 5.75 Å². The summed E-state index contributed by atoms with van der Waals surface area (Å²) in [7, 11) is 0. The Morgan fingerprint density at radius 1 is 1.16 bits per heavy atom. The number of rotatable bonds is 6. The van der Waals surface area contributed by atoms with E-state index in [1.807, 2.05) is 6.92 Å². The van der Waals surface area contributed by atoms with Gasteiger partial charge in [0.1, 0.15) is 5.75 Å². The average molecular weight is 261 g/mol. The summed E-state index contributed by atoms with van der Waals surface area (Å²) in [6.07, 6.45) is 6.65. The van der Waals surface area contributed by atoms with E-state index in [9.17, 15) is 0 Å². The van der Waals surface area contributed by atoms with Crippen molar-refractivity contribution in [2.45, 2.75) is 58.9 Å². The van der Waals surface area contributed by atoms with Crippen LogP contribution >= 0.6 is 0 Å². The van der Waals surface area contributed by atoms with Crippen LogP contribution in [0.15, 0.2) is 12.1 Å². The lowest BCUT2D eigenvalue weighted by Crippen LogP contribution is -2.28. The minimum Gasteiger partial charge on any atom is -0.494 e. The van der Waals surface area contributed by atoms with Crippen LogP contribution in [0.5, 0.6) is 5.75 Å². The Morgan fingerprint density at radius 2 is 1.89 bits per heavy atom. The fourth-order valence-corrected chi connectivity index (χ4v) is 2.97. The second kappa shape index (κ2) is 6.95. The smallest absolute Gasteiger partial charge is 0.122 e. The van der Waals surface area contributed by atoms with Gasteiger partial charge in [-0.15, -0.1) is 0 Å². The summed E-state index contributed by atoms with van der Waals surface area (Å²) in [6.45, 7) is 8.20. The van der Waals surface area contributed by atoms with Crippen LogP contribution in [0.2, 0.25) is 0 Å². The first-order valence-corrected chi connectivity index (χ1v) is 7.67. The molecule has 0 bridgehead atoms. The monoisotopic (exact) mass is 261 g/mol. The molecule has 1 N–H and O–H groups in total. The van der Waals surface area contributed by atoms with Gasteiger partial charge in [-0.05, 0) is 69.3 Å². The van der Waals surface area contributed by atoms with Crippen LogP contribution in [0.1, 0.15) is 49.3 Å². The van der Waals surface area contributed by atoms with Gasteiger partial charge < -0.3 is 10.1 Å². The van der Waals surface area contributed by atoms with Gasteiger partial charge in [-0.1, -0.05) is 18.9 Å². The van der Waals surface area contributed by atoms with Crippen LogP contribution in [0.3, 0.4) is 0 Å². The molecule has 0 spiro atoms. The molecule has 106 valence electrons. The van der Waals surface area contributed by atoms with Crippen molar-refractivity contribution in [3.05, 3.63) is 28.8 Å². The van der Waals surface area contributed by atoms with Crippen molar-refractivity contribution < 1.29 is 4.74 Å². The van der Waals surface area contributed by atoms with Crippen LogP contribution in [0.25, 0.3) is 0 Å². The fraction of sp³-hybridized carbons (Fsp3) is 0.647. The Kier molecular flexibility index (Phi) is 5.26. The Morgan fingerprint density at radius 3 is 2.58 bits per heavy atom. The summed E-state index contributed by atoms with van der Waals surface area (Å²) in [4.78, 5) is 0. The molecule has 0 atom stereocenters. The van der Waals surface area contributed by atoms with Gasteiger partial charge in [0.25, 0.3) is 0 Å². The van der Waals surface area contributed by atoms with Crippen LogP contribution in [-0.4, -0.2) is 19.2 Å². The van der Waals surface area contributed by atoms with Gasteiger partial charge in [0.2, 0.25) is 0 Å². The lowest BCUT2D eigenvalue weighted by atomic mass is 10.0. The largest absolute Gasteiger partial charge is 0.494 e. The molecule has 1 aliphatic rings. The molecular weight excluding hydrogens is 234 g/mol. The molecule has 2 rings (SSSR count). The first kappa shape index (κ1) is 14.4. The second-order valence-electron chi connectivity index (χ2n) is 5.66. The van der Waals surface area contributed by atoms with E-state index in [4.69, 9.17) is 4.74 Å². The maximum absolute atomic E-state index is 5.64. The SMILES string of the molecule is CCOc1cc(C)c(CCNC2CCCC2)cc1C. The molecule has 0 aliphatic heterocycles. The van der Waals surface area contributed by atoms with Crippen molar-refractivity contribution in [1.29, 1.82) is 0 Å². The summed E-state index contributed by atoms with van der Waals surface area (Å²) >= 11 is 0. The predicted octanol–water partition coefficient (Wildman–Crippen LogP) is 3.78. The van der Waals surface area contributed by atoms with Crippen LogP contribution in [0, 0.1) is 13.8 Å². The zero-order chi connectivity index (χ0) is 13.7. The van der Waals surface area contributed by atoms with Crippen molar-refractivity contribution in [1.82, 2.24) is 5.32 Å². The summed E-state index contributed by atoms with van der Waals surface area (Å²) < 4.78 is 5.64. The third kappa shape index (κ3) is 3.97. The zero-order valence-corrected chi connectivity index (χ0v) is 12.6. The van der Waals surface area contributed by atoms with Crippen LogP contribution in [0.4, 0.5) is 0 Å². The van der Waals surface area contributed by atoms with Gasteiger partial charge in [0.05, 0.1) is 6.61 Å². The molecule has 2 heteroatoms. The maximum Gasteiger partial charge on any atom is 0.122 e. The van der Waals surface area contributed by atoms with Gasteiger partial charge in [0, 0.05) is 6.04 Å². The summed E-state index contributed by atoms with van der Waals surface area (Å²) in [5, 5.41) is 3.69. The number of aryl methyl sites for hydroxylation is 2. The standard InChI is InChI=1S/C17H27NO/c1-4-19-17-12-13(2)15(11-14(17)3)9-10-18-16-7-5-6-8-16/h11-12,16,18H,4-10H2,1-3H3. The molecule has 0 saturated heterocycles. The normalized spacial score (nSPS) is 15.9. The number of hydrogen-bond acceptors (Lipinski definition) is 2. The minimum absolute atomic E-state index is 0.739. The molecule has 19 heavy (non-hydrogen) atoms. The first-order chi connectivity index (χ1) is 9.20. The maximum atomic E-state index is 5.64. The van der Waals surface area contributed by atoms with Crippen molar-refractivity contribution in [2.24, 2.45) is 0 Å². The predicted molar refractivity (Wildman–Crippen MR) is 81.0 cm³/mol. The number of hydrogen-bond donors (Lipinski definition) is 1. The molecule has 0 heterocycles. The molecule has 1 fully saturated rings. The number of benzene rings is 1. The van der Waals surface area contributed by atoms with Gasteiger partial charge in [0.15, 0.2) is 0 Å². The Bertz CT molecular complexity index is 408. The van der Waals surface area contributed by atoms with E-state index in [0.717, 1.165) is 31.4 Å². The van der Waals surface area contributed by atoms with E-state index in [1.54, 1.807) is 0 Å². The molecule has 1 saturated carbocycles. The third-order valence-corrected chi connectivity index (χ3v) is 4.12. The zero-order valence-electron chi connectivity index (χ0n) is 12.6. The third-order valence-electron chi connectivity index (χ3n) is 4.12. The molecule has 0 radical (unpaired) electrons. The average Bonchev–Trinajstić information content (AvgIpc) is 2.88. The molecule has 1 aromatic rings. The van der Waals surface area contributed by atoms with Gasteiger partial charge in [-0.3, -0.25) is 0 Å². The Hall–Kier alpha value is -1.02. The van der Waals surface area contributed by atoms with E-state index in [0.29, 0.717) is 0 Å². The van der Waals surface area contributed by atoms with Gasteiger partial charge >= 0.3 is 0 Å². The topological polar surface area (TPSA) is 21.3 Å². The Balaban J connectivity index is 1.90. The molecule has 2 nitrogen and oxygen atoms in total. The summed E-state index contributed by atoms with van der Waals surface area (Å²) in [5.74, 6) is 1.03. The molecule has 0 unspecified atom stereocenters. The highest BCUT2D eigenvalue weighted by atomic mass is 16.5. The van der Waals surface area contributed by atoms with E-state index in [1.165, 1.54) is 42.4 Å². The fourth-order valence-electron chi connectivity index (χ4n) is 2.97. The Labute approximate surface area is 117 Å². The summed E-state index contributed by atoms with van der Waals surface area (Å²) in [6, 6.07) is 5.24. The molecule has 0 aromatic heterocycles. The van der Waals surface area contributed by atoms with E-state index in [2.05, 4.69) is 31.3 Å². The highest BCUT2D eigenvalue weighted by Gasteiger charge is 2.13. The van der Waals surface area contributed by atoms with Crippen LogP contribution in [-0.2, 0) is 6.42 Å². The van der Waals surface area contributed by atoms with Crippen LogP contribution < -0.4 is 10.1 Å². The minimum atomic E-state index is 0.739. The second-order valence-corrected chi connectivity index (χ2v) is 5.66. The highest BCUT2D eigenvalue weighted by molar-refractivity contribution is 5.41. The van der Waals surface area contributed by atoms with Gasteiger partial charge in [-0.2, -0.15) is 0 Å². The molecule has 0 amide bonds. The first-order valence-electron chi connectivity index (χ1n) is 7.67. The highest BCUT2D eigenvalue weighted by Crippen LogP contribution is 2.23. The van der Waals surface area contributed by atoms with E-state index >= 15 is 0 Å². The number of nitrogens with one attached hydrogen (secondary N) is 1. The number of ether oxygens (including phenoxy) is 1. The van der Waals surface area contributed by atoms with Crippen molar-refractivity contribution in [2.75, 3.05) is 13.2 Å². The van der Waals surface area contributed by atoms with Gasteiger partial charge in [-0.25, -0.2) is 0 Å². The van der Waals surface area contributed by atoms with Crippen molar-refractivity contribution >= 4 is 0 Å².